The van der Waals surface area contributed by atoms with E-state index < -0.39 is 12.3 Å². The van der Waals surface area contributed by atoms with Crippen molar-refractivity contribution in [2.75, 3.05) is 0 Å². The SMILES string of the molecule is [2H]C([2H])([2H])C(C)(C(C)(C)C)C(C)(C)C. The molecule has 0 unspecified atom stereocenters. The van der Waals surface area contributed by atoms with Crippen molar-refractivity contribution in [3.8, 4) is 0 Å². The molecule has 0 heteroatoms. The average Bonchev–Trinajstić information content (AvgIpc) is 1.77. The Kier molecular flexibility index (Phi) is 1.48. The lowest BCUT2D eigenvalue weighted by atomic mass is 9.56. The van der Waals surface area contributed by atoms with E-state index in [1.807, 2.05) is 48.5 Å². The van der Waals surface area contributed by atoms with Crippen molar-refractivity contribution in [3.63, 3.8) is 0 Å². The number of hydrogen-bond donors (Lipinski definition) is 0. The second-order valence-electron chi connectivity index (χ2n) is 5.62. The maximum atomic E-state index is 7.73. The molecule has 68 valence electrons. The van der Waals surface area contributed by atoms with Crippen molar-refractivity contribution in [3.05, 3.63) is 0 Å². The van der Waals surface area contributed by atoms with Gasteiger partial charge in [-0.1, -0.05) is 55.3 Å². The summed E-state index contributed by atoms with van der Waals surface area (Å²) in [5.41, 5.74) is -1.17. The quantitative estimate of drug-likeness (QED) is 0.499. The van der Waals surface area contributed by atoms with Gasteiger partial charge < -0.3 is 0 Å². The Labute approximate surface area is 76.6 Å². The van der Waals surface area contributed by atoms with Crippen LogP contribution in [0.2, 0.25) is 0 Å². The van der Waals surface area contributed by atoms with Crippen molar-refractivity contribution in [1.29, 1.82) is 0 Å². The monoisotopic (exact) mass is 159 g/mol. The van der Waals surface area contributed by atoms with Crippen LogP contribution >= 0.6 is 0 Å². The number of rotatable bonds is 0. The van der Waals surface area contributed by atoms with Gasteiger partial charge in [0.15, 0.2) is 0 Å². The lowest BCUT2D eigenvalue weighted by Crippen LogP contribution is -2.41. The third-order valence-electron chi connectivity index (χ3n) is 3.00. The van der Waals surface area contributed by atoms with Gasteiger partial charge in [0.05, 0.1) is 0 Å². The second kappa shape index (κ2) is 2.50. The van der Waals surface area contributed by atoms with E-state index in [2.05, 4.69) is 0 Å². The molecule has 0 aromatic rings. The summed E-state index contributed by atoms with van der Waals surface area (Å²) in [6.45, 7) is 12.0. The first-order valence-corrected chi connectivity index (χ1v) is 4.25. The molecular weight excluding hydrogens is 132 g/mol. The van der Waals surface area contributed by atoms with Gasteiger partial charge in [-0.3, -0.25) is 0 Å². The molecule has 0 atom stereocenters. The van der Waals surface area contributed by atoms with Crippen molar-refractivity contribution in [1.82, 2.24) is 0 Å². The summed E-state index contributed by atoms with van der Waals surface area (Å²) in [4.78, 5) is 0. The largest absolute Gasteiger partial charge is 0.0596 e. The van der Waals surface area contributed by atoms with Crippen LogP contribution in [0.15, 0.2) is 0 Å². The lowest BCUT2D eigenvalue weighted by molar-refractivity contribution is 0.00575. The molecule has 0 spiro atoms. The van der Waals surface area contributed by atoms with Gasteiger partial charge in [-0.25, -0.2) is 0 Å². The molecule has 0 aliphatic heterocycles. The Bertz CT molecular complexity index is 164. The van der Waals surface area contributed by atoms with Crippen LogP contribution in [0.5, 0.6) is 0 Å². The normalized spacial score (nSPS) is 20.5. The summed E-state index contributed by atoms with van der Waals surface area (Å²) in [6, 6.07) is 0. The maximum Gasteiger partial charge on any atom is 0.0236 e. The zero-order valence-electron chi connectivity index (χ0n) is 12.0. The maximum absolute atomic E-state index is 7.73. The molecule has 0 radical (unpaired) electrons. The van der Waals surface area contributed by atoms with Crippen LogP contribution in [-0.2, 0) is 0 Å². The zero-order chi connectivity index (χ0) is 12.0. The smallest absolute Gasteiger partial charge is 0.0236 e. The van der Waals surface area contributed by atoms with E-state index in [0.717, 1.165) is 0 Å². The van der Waals surface area contributed by atoms with E-state index in [1.54, 1.807) is 0 Å². The van der Waals surface area contributed by atoms with Crippen LogP contribution in [0.4, 0.5) is 0 Å². The molecule has 0 nitrogen and oxygen atoms in total. The Morgan fingerprint density at radius 3 is 1.00 bits per heavy atom. The van der Waals surface area contributed by atoms with Crippen LogP contribution in [0.3, 0.4) is 0 Å². The predicted octanol–water partition coefficient (Wildman–Crippen LogP) is 4.10. The Morgan fingerprint density at radius 2 is 1.00 bits per heavy atom. The molecule has 0 heterocycles. The molecule has 0 aliphatic rings. The minimum atomic E-state index is -1.93. The third-order valence-corrected chi connectivity index (χ3v) is 3.00. The van der Waals surface area contributed by atoms with Crippen LogP contribution in [0.1, 0.15) is 59.4 Å². The highest BCUT2D eigenvalue weighted by molar-refractivity contribution is 4.91. The molecule has 0 saturated carbocycles. The van der Waals surface area contributed by atoms with E-state index >= 15 is 0 Å². The molecule has 0 saturated heterocycles. The van der Waals surface area contributed by atoms with Crippen LogP contribution in [0, 0.1) is 16.2 Å². The van der Waals surface area contributed by atoms with Crippen LogP contribution in [-0.4, -0.2) is 0 Å². The summed E-state index contributed by atoms with van der Waals surface area (Å²) >= 11 is 0. The molecule has 0 bridgehead atoms. The Morgan fingerprint density at radius 1 is 0.727 bits per heavy atom. The fraction of sp³-hybridized carbons (Fsp3) is 1.00. The van der Waals surface area contributed by atoms with Gasteiger partial charge in [0, 0.05) is 4.11 Å². The Hall–Kier alpha value is 0. The van der Waals surface area contributed by atoms with E-state index in [9.17, 15) is 0 Å². The highest BCUT2D eigenvalue weighted by Crippen LogP contribution is 2.50. The minimum Gasteiger partial charge on any atom is -0.0596 e. The molecule has 11 heavy (non-hydrogen) atoms. The van der Waals surface area contributed by atoms with Gasteiger partial charge in [-0.05, 0) is 16.2 Å². The molecule has 0 aliphatic carbocycles. The second-order valence-corrected chi connectivity index (χ2v) is 5.62. The van der Waals surface area contributed by atoms with Gasteiger partial charge in [0.2, 0.25) is 0 Å². The van der Waals surface area contributed by atoms with Gasteiger partial charge >= 0.3 is 0 Å². The van der Waals surface area contributed by atoms with Crippen molar-refractivity contribution in [2.45, 2.75) is 55.3 Å². The Balaban J connectivity index is 5.54. The molecule has 0 N–H and O–H groups in total. The fourth-order valence-electron chi connectivity index (χ4n) is 1.12. The summed E-state index contributed by atoms with van der Waals surface area (Å²) in [7, 11) is 0. The molecular formula is C11H24. The molecule has 0 fully saturated rings. The standard InChI is InChI=1S/C11H24/c1-9(2,3)11(7,8)10(4,5)6/h1-8H3/i7D3. The van der Waals surface area contributed by atoms with E-state index in [4.69, 9.17) is 4.11 Å². The van der Waals surface area contributed by atoms with Crippen molar-refractivity contribution >= 4 is 0 Å². The van der Waals surface area contributed by atoms with Gasteiger partial charge in [0.1, 0.15) is 0 Å². The fourth-order valence-corrected chi connectivity index (χ4v) is 1.12. The topological polar surface area (TPSA) is 0 Å². The summed E-state index contributed by atoms with van der Waals surface area (Å²) < 4.78 is 23.2. The first-order chi connectivity index (χ1) is 5.75. The summed E-state index contributed by atoms with van der Waals surface area (Å²) in [5.74, 6) is 0. The van der Waals surface area contributed by atoms with E-state index in [1.165, 1.54) is 0 Å². The van der Waals surface area contributed by atoms with Crippen LogP contribution in [0.25, 0.3) is 0 Å². The third kappa shape index (κ3) is 1.98. The highest BCUT2D eigenvalue weighted by atomic mass is 14.5. The van der Waals surface area contributed by atoms with Crippen molar-refractivity contribution < 1.29 is 4.11 Å². The van der Waals surface area contributed by atoms with E-state index in [-0.39, 0.29) is 10.8 Å². The van der Waals surface area contributed by atoms with Gasteiger partial charge in [-0.2, -0.15) is 0 Å². The average molecular weight is 159 g/mol. The minimum absolute atomic E-state index is 0.240. The molecule has 0 aromatic carbocycles. The molecule has 0 amide bonds. The number of hydrogen-bond acceptors (Lipinski definition) is 0. The zero-order valence-corrected chi connectivity index (χ0v) is 9.00. The van der Waals surface area contributed by atoms with Crippen molar-refractivity contribution in [2.24, 2.45) is 16.2 Å². The first-order valence-electron chi connectivity index (χ1n) is 5.75. The van der Waals surface area contributed by atoms with Gasteiger partial charge in [-0.15, -0.1) is 0 Å². The summed E-state index contributed by atoms with van der Waals surface area (Å²) in [6.07, 6.45) is 0. The van der Waals surface area contributed by atoms with Gasteiger partial charge in [0.25, 0.3) is 0 Å². The first kappa shape index (κ1) is 6.51. The predicted molar refractivity (Wildman–Crippen MR) is 52.7 cm³/mol. The van der Waals surface area contributed by atoms with E-state index in [0.29, 0.717) is 0 Å². The lowest BCUT2D eigenvalue weighted by Gasteiger charge is -2.49. The highest BCUT2D eigenvalue weighted by Gasteiger charge is 2.42. The van der Waals surface area contributed by atoms with Crippen LogP contribution < -0.4 is 0 Å². The molecule has 0 rings (SSSR count). The molecule has 0 aromatic heterocycles. The summed E-state index contributed by atoms with van der Waals surface area (Å²) in [5, 5.41) is 0.